The largest absolute Gasteiger partial charge is 0.329 e. The average molecular weight is 280 g/mol. The zero-order valence-corrected chi connectivity index (χ0v) is 14.2. The highest BCUT2D eigenvalue weighted by Gasteiger charge is 2.43. The molecule has 0 aromatic rings. The maximum absolute atomic E-state index is 6.32. The summed E-state index contributed by atoms with van der Waals surface area (Å²) in [5.41, 5.74) is 6.63. The summed E-state index contributed by atoms with van der Waals surface area (Å²) in [4.78, 5) is 2.81. The summed E-state index contributed by atoms with van der Waals surface area (Å²) in [6.45, 7) is 11.7. The second kappa shape index (κ2) is 6.79. The van der Waals surface area contributed by atoms with Crippen LogP contribution in [0.25, 0.3) is 0 Å². The van der Waals surface area contributed by atoms with Gasteiger partial charge in [0, 0.05) is 18.1 Å². The maximum atomic E-state index is 6.32. The lowest BCUT2D eigenvalue weighted by Gasteiger charge is -2.53. The van der Waals surface area contributed by atoms with Crippen LogP contribution in [0, 0.1) is 17.8 Å². The first-order valence-electron chi connectivity index (χ1n) is 8.93. The van der Waals surface area contributed by atoms with E-state index in [0.29, 0.717) is 5.54 Å². The molecular weight excluding hydrogens is 244 g/mol. The summed E-state index contributed by atoms with van der Waals surface area (Å²) in [6, 6.07) is 0.722. The number of likely N-dealkylation sites (tertiary alicyclic amines) is 1. The molecular formula is C18H36N2. The average Bonchev–Trinajstić information content (AvgIpc) is 2.38. The monoisotopic (exact) mass is 280 g/mol. The van der Waals surface area contributed by atoms with E-state index in [-0.39, 0.29) is 0 Å². The molecule has 0 spiro atoms. The van der Waals surface area contributed by atoms with Gasteiger partial charge in [0.1, 0.15) is 0 Å². The third-order valence-corrected chi connectivity index (χ3v) is 5.86. The number of hydrogen-bond acceptors (Lipinski definition) is 2. The lowest BCUT2D eigenvalue weighted by atomic mass is 9.70. The van der Waals surface area contributed by atoms with Gasteiger partial charge in [-0.15, -0.1) is 0 Å². The normalized spacial score (nSPS) is 40.2. The van der Waals surface area contributed by atoms with Crippen molar-refractivity contribution in [2.24, 2.45) is 23.5 Å². The third-order valence-electron chi connectivity index (χ3n) is 5.86. The van der Waals surface area contributed by atoms with E-state index in [0.717, 1.165) is 30.3 Å². The van der Waals surface area contributed by atoms with Crippen molar-refractivity contribution in [2.75, 3.05) is 13.1 Å². The summed E-state index contributed by atoms with van der Waals surface area (Å²) in [5, 5.41) is 0. The van der Waals surface area contributed by atoms with E-state index in [9.17, 15) is 0 Å². The zero-order valence-electron chi connectivity index (χ0n) is 14.2. The van der Waals surface area contributed by atoms with Gasteiger partial charge in [-0.2, -0.15) is 0 Å². The molecule has 2 rings (SSSR count). The SMILES string of the molecule is CC(C)CC1CCCC(CN)(N2CCC(C)CC2C)C1. The fourth-order valence-corrected chi connectivity index (χ4v) is 5.00. The second-order valence-corrected chi connectivity index (χ2v) is 8.19. The van der Waals surface area contributed by atoms with Crippen LogP contribution in [-0.4, -0.2) is 29.6 Å². The van der Waals surface area contributed by atoms with Crippen LogP contribution in [0.2, 0.25) is 0 Å². The molecule has 0 amide bonds. The highest BCUT2D eigenvalue weighted by Crippen LogP contribution is 2.42. The van der Waals surface area contributed by atoms with Crippen LogP contribution in [0.4, 0.5) is 0 Å². The van der Waals surface area contributed by atoms with Crippen LogP contribution in [-0.2, 0) is 0 Å². The molecule has 2 N–H and O–H groups in total. The van der Waals surface area contributed by atoms with Crippen LogP contribution in [0.15, 0.2) is 0 Å². The van der Waals surface area contributed by atoms with Crippen molar-refractivity contribution >= 4 is 0 Å². The smallest absolute Gasteiger partial charge is 0.0337 e. The first-order chi connectivity index (χ1) is 9.47. The highest BCUT2D eigenvalue weighted by atomic mass is 15.2. The van der Waals surface area contributed by atoms with E-state index in [1.807, 2.05) is 0 Å². The quantitative estimate of drug-likeness (QED) is 0.842. The minimum absolute atomic E-state index is 0.317. The van der Waals surface area contributed by atoms with Crippen molar-refractivity contribution in [3.05, 3.63) is 0 Å². The second-order valence-electron chi connectivity index (χ2n) is 8.19. The van der Waals surface area contributed by atoms with Gasteiger partial charge in [0.15, 0.2) is 0 Å². The number of nitrogens with zero attached hydrogens (tertiary/aromatic N) is 1. The number of piperidine rings is 1. The maximum Gasteiger partial charge on any atom is 0.0337 e. The Balaban J connectivity index is 2.07. The molecule has 0 aromatic heterocycles. The van der Waals surface area contributed by atoms with Gasteiger partial charge in [0.05, 0.1) is 0 Å². The van der Waals surface area contributed by atoms with Crippen molar-refractivity contribution in [1.82, 2.24) is 4.90 Å². The van der Waals surface area contributed by atoms with Gasteiger partial charge in [-0.3, -0.25) is 4.90 Å². The molecule has 1 aliphatic heterocycles. The Labute approximate surface area is 126 Å². The van der Waals surface area contributed by atoms with E-state index in [1.54, 1.807) is 0 Å². The fraction of sp³-hybridized carbons (Fsp3) is 1.00. The molecule has 0 bridgehead atoms. The summed E-state index contributed by atoms with van der Waals surface area (Å²) in [5.74, 6) is 2.62. The predicted octanol–water partition coefficient (Wildman–Crippen LogP) is 4.04. The topological polar surface area (TPSA) is 29.3 Å². The molecule has 20 heavy (non-hydrogen) atoms. The molecule has 4 unspecified atom stereocenters. The van der Waals surface area contributed by atoms with Crippen molar-refractivity contribution < 1.29 is 0 Å². The minimum Gasteiger partial charge on any atom is -0.329 e. The van der Waals surface area contributed by atoms with Gasteiger partial charge in [-0.25, -0.2) is 0 Å². The van der Waals surface area contributed by atoms with Crippen molar-refractivity contribution in [1.29, 1.82) is 0 Å². The molecule has 1 heterocycles. The van der Waals surface area contributed by atoms with E-state index in [2.05, 4.69) is 32.6 Å². The number of rotatable bonds is 4. The molecule has 0 aromatic carbocycles. The molecule has 2 nitrogen and oxygen atoms in total. The molecule has 1 saturated carbocycles. The van der Waals surface area contributed by atoms with Gasteiger partial charge in [0.2, 0.25) is 0 Å². The van der Waals surface area contributed by atoms with Crippen LogP contribution < -0.4 is 5.73 Å². The van der Waals surface area contributed by atoms with Gasteiger partial charge in [-0.1, -0.05) is 33.6 Å². The molecule has 2 aliphatic rings. The predicted molar refractivity (Wildman–Crippen MR) is 87.8 cm³/mol. The van der Waals surface area contributed by atoms with Gasteiger partial charge in [0.25, 0.3) is 0 Å². The fourth-order valence-electron chi connectivity index (χ4n) is 5.00. The molecule has 2 fully saturated rings. The van der Waals surface area contributed by atoms with Crippen LogP contribution in [0.3, 0.4) is 0 Å². The molecule has 1 saturated heterocycles. The van der Waals surface area contributed by atoms with E-state index in [4.69, 9.17) is 5.73 Å². The highest BCUT2D eigenvalue weighted by molar-refractivity contribution is 5.00. The van der Waals surface area contributed by atoms with E-state index < -0.39 is 0 Å². The van der Waals surface area contributed by atoms with Crippen LogP contribution >= 0.6 is 0 Å². The van der Waals surface area contributed by atoms with Gasteiger partial charge < -0.3 is 5.73 Å². The minimum atomic E-state index is 0.317. The van der Waals surface area contributed by atoms with Crippen LogP contribution in [0.5, 0.6) is 0 Å². The summed E-state index contributed by atoms with van der Waals surface area (Å²) < 4.78 is 0. The Morgan fingerprint density at radius 2 is 2.00 bits per heavy atom. The van der Waals surface area contributed by atoms with Crippen LogP contribution in [0.1, 0.15) is 72.6 Å². The third kappa shape index (κ3) is 3.57. The molecule has 118 valence electrons. The Hall–Kier alpha value is -0.0800. The van der Waals surface area contributed by atoms with Gasteiger partial charge in [-0.05, 0) is 63.3 Å². The summed E-state index contributed by atoms with van der Waals surface area (Å²) in [6.07, 6.45) is 9.60. The Morgan fingerprint density at radius 3 is 2.60 bits per heavy atom. The molecule has 0 radical (unpaired) electrons. The Bertz CT molecular complexity index is 302. The molecule has 1 aliphatic carbocycles. The molecule has 2 heteroatoms. The molecule has 4 atom stereocenters. The van der Waals surface area contributed by atoms with Crippen molar-refractivity contribution in [3.8, 4) is 0 Å². The lowest BCUT2D eigenvalue weighted by molar-refractivity contribution is -0.0237. The summed E-state index contributed by atoms with van der Waals surface area (Å²) in [7, 11) is 0. The Morgan fingerprint density at radius 1 is 1.25 bits per heavy atom. The zero-order chi connectivity index (χ0) is 14.8. The van der Waals surface area contributed by atoms with Crippen molar-refractivity contribution in [3.63, 3.8) is 0 Å². The number of nitrogens with two attached hydrogens (primary N) is 1. The standard InChI is InChI=1S/C18H36N2/c1-14(2)10-17-6-5-8-18(12-17,13-19)20-9-7-15(3)11-16(20)4/h14-17H,5-13,19H2,1-4H3. The van der Waals surface area contributed by atoms with E-state index >= 15 is 0 Å². The lowest BCUT2D eigenvalue weighted by Crippen LogP contribution is -2.61. The Kier molecular flexibility index (Phi) is 5.53. The first-order valence-corrected chi connectivity index (χ1v) is 8.93. The number of hydrogen-bond donors (Lipinski definition) is 1. The first kappa shape index (κ1) is 16.3. The van der Waals surface area contributed by atoms with Crippen molar-refractivity contribution in [2.45, 2.75) is 84.2 Å². The summed E-state index contributed by atoms with van der Waals surface area (Å²) >= 11 is 0. The van der Waals surface area contributed by atoms with E-state index in [1.165, 1.54) is 51.5 Å². The van der Waals surface area contributed by atoms with Gasteiger partial charge >= 0.3 is 0 Å².